The van der Waals surface area contributed by atoms with Crippen LogP contribution in [0.3, 0.4) is 0 Å². The van der Waals surface area contributed by atoms with Crippen LogP contribution >= 0.6 is 0 Å². The highest BCUT2D eigenvalue weighted by Crippen LogP contribution is 2.58. The lowest BCUT2D eigenvalue weighted by molar-refractivity contribution is -0.124. The van der Waals surface area contributed by atoms with Crippen LogP contribution in [0.25, 0.3) is 11.1 Å². The number of fused-ring (bicyclic) bond motifs is 3. The molecule has 9 nitrogen and oxygen atoms in total. The summed E-state index contributed by atoms with van der Waals surface area (Å²) in [6, 6.07) is 14.1. The number of ether oxygens (including phenoxy) is 1. The van der Waals surface area contributed by atoms with E-state index in [-0.39, 0.29) is 40.4 Å². The number of carboxylic acid groups (broad SMARTS) is 1. The summed E-state index contributed by atoms with van der Waals surface area (Å²) in [7, 11) is 1.74. The Labute approximate surface area is 301 Å². The quantitative estimate of drug-likeness (QED) is 0.252. The van der Waals surface area contributed by atoms with E-state index in [1.165, 1.54) is 28.5 Å². The van der Waals surface area contributed by atoms with Gasteiger partial charge in [-0.25, -0.2) is 9.18 Å². The van der Waals surface area contributed by atoms with E-state index < -0.39 is 6.09 Å². The molecule has 1 N–H and O–H groups in total. The van der Waals surface area contributed by atoms with Crippen LogP contribution in [0, 0.1) is 41.3 Å². The summed E-state index contributed by atoms with van der Waals surface area (Å²) in [5.41, 5.74) is 5.04. The summed E-state index contributed by atoms with van der Waals surface area (Å²) < 4.78 is 22.6. The van der Waals surface area contributed by atoms with E-state index >= 15 is 4.39 Å². The van der Waals surface area contributed by atoms with Crippen LogP contribution in [-0.2, 0) is 10.2 Å². The van der Waals surface area contributed by atoms with Crippen LogP contribution in [-0.4, -0.2) is 58.5 Å². The van der Waals surface area contributed by atoms with E-state index in [0.717, 1.165) is 87.8 Å². The number of nitrogens with zero attached hydrogens (tertiary/aromatic N) is 5. The number of aromatic nitrogens is 2. The second-order valence-corrected chi connectivity index (χ2v) is 15.7. The van der Waals surface area contributed by atoms with E-state index in [9.17, 15) is 9.59 Å². The van der Waals surface area contributed by atoms with Gasteiger partial charge >= 0.3 is 6.09 Å². The zero-order chi connectivity index (χ0) is 36.3. The fourth-order valence-corrected chi connectivity index (χ4v) is 8.72. The van der Waals surface area contributed by atoms with Gasteiger partial charge in [-0.1, -0.05) is 31.4 Å². The third kappa shape index (κ3) is 7.63. The van der Waals surface area contributed by atoms with E-state index in [1.807, 2.05) is 29.1 Å². The molecule has 0 radical (unpaired) electrons. The Morgan fingerprint density at radius 2 is 1.75 bits per heavy atom. The molecule has 5 fully saturated rings. The molecular formula is C41H52FN5O4. The second kappa shape index (κ2) is 15.1. The van der Waals surface area contributed by atoms with Crippen LogP contribution < -0.4 is 9.64 Å². The first-order chi connectivity index (χ1) is 24.5. The molecule has 2 heterocycles. The molecule has 51 heavy (non-hydrogen) atoms. The number of halogens is 1. The number of amides is 2. The second-order valence-electron chi connectivity index (χ2n) is 15.7. The minimum atomic E-state index is -0.929. The van der Waals surface area contributed by atoms with Crippen LogP contribution in [0.2, 0.25) is 0 Å². The molecule has 2 aromatic carbocycles. The maximum atomic E-state index is 15.2. The van der Waals surface area contributed by atoms with Gasteiger partial charge in [0.15, 0.2) is 0 Å². The van der Waals surface area contributed by atoms with Crippen molar-refractivity contribution in [2.45, 2.75) is 103 Å². The van der Waals surface area contributed by atoms with Gasteiger partial charge in [0, 0.05) is 54.6 Å². The topological polar surface area (TPSA) is 112 Å². The summed E-state index contributed by atoms with van der Waals surface area (Å²) in [5, 5.41) is 20.9. The Balaban J connectivity index is 0.000000435. The fourth-order valence-electron chi connectivity index (χ4n) is 8.72. The smallest absolute Gasteiger partial charge is 0.407 e. The van der Waals surface area contributed by atoms with Crippen molar-refractivity contribution < 1.29 is 23.8 Å². The first-order valence-electron chi connectivity index (χ1n) is 18.6. The molecule has 2 amide bonds. The molecule has 0 spiro atoms. The van der Waals surface area contributed by atoms with Gasteiger partial charge in [-0.15, -0.1) is 0 Å². The highest BCUT2D eigenvalue weighted by Gasteiger charge is 2.50. The SMILES string of the molecule is COc1ccc(C23CCC(CN(C(=O)C4CCCCC4)c4ccc(F)c(-c5cnn(C(C)C)c5)c4)(CC2)CC3)cc1C.N#CC1CN(C(=O)O)C1. The number of methoxy groups -OCH3 is 1. The minimum absolute atomic E-state index is 0.0564. The van der Waals surface area contributed by atoms with Crippen molar-refractivity contribution in [3.63, 3.8) is 0 Å². The van der Waals surface area contributed by atoms with Gasteiger partial charge in [-0.05, 0) is 118 Å². The Bertz CT molecular complexity index is 1740. The molecule has 1 saturated heterocycles. The van der Waals surface area contributed by atoms with Crippen LogP contribution in [0.4, 0.5) is 14.9 Å². The number of hydrogen-bond acceptors (Lipinski definition) is 5. The molecule has 2 bridgehead atoms. The lowest BCUT2D eigenvalue weighted by Crippen LogP contribution is -2.51. The predicted molar refractivity (Wildman–Crippen MR) is 195 cm³/mol. The van der Waals surface area contributed by atoms with Gasteiger partial charge < -0.3 is 19.6 Å². The van der Waals surface area contributed by atoms with Crippen molar-refractivity contribution in [3.8, 4) is 22.9 Å². The fraction of sp³-hybridized carbons (Fsp3) is 0.561. The number of rotatable bonds is 8. The molecular weight excluding hydrogens is 645 g/mol. The number of anilines is 1. The molecule has 4 saturated carbocycles. The zero-order valence-corrected chi connectivity index (χ0v) is 30.5. The zero-order valence-electron chi connectivity index (χ0n) is 30.5. The van der Waals surface area contributed by atoms with Crippen molar-refractivity contribution in [2.75, 3.05) is 31.6 Å². The van der Waals surface area contributed by atoms with E-state index in [2.05, 4.69) is 49.0 Å². The van der Waals surface area contributed by atoms with Crippen molar-refractivity contribution in [1.82, 2.24) is 14.7 Å². The first-order valence-corrected chi connectivity index (χ1v) is 18.6. The summed E-state index contributed by atoms with van der Waals surface area (Å²) in [6.07, 6.45) is 14.8. The Hall–Kier alpha value is -4.39. The maximum absolute atomic E-state index is 15.2. The lowest BCUT2D eigenvalue weighted by atomic mass is 9.51. The van der Waals surface area contributed by atoms with Crippen LogP contribution in [0.15, 0.2) is 48.8 Å². The molecule has 1 aromatic heterocycles. The third-order valence-electron chi connectivity index (χ3n) is 12.2. The number of carbonyl (C=O) groups is 2. The van der Waals surface area contributed by atoms with E-state index in [0.29, 0.717) is 18.7 Å². The molecule has 1 aliphatic heterocycles. The lowest BCUT2D eigenvalue weighted by Gasteiger charge is -2.55. The Morgan fingerprint density at radius 3 is 2.31 bits per heavy atom. The highest BCUT2D eigenvalue weighted by molar-refractivity contribution is 5.96. The molecule has 3 aromatic rings. The maximum Gasteiger partial charge on any atom is 0.407 e. The number of carbonyl (C=O) groups excluding carboxylic acids is 1. The minimum Gasteiger partial charge on any atom is -0.496 e. The third-order valence-corrected chi connectivity index (χ3v) is 12.2. The van der Waals surface area contributed by atoms with E-state index in [4.69, 9.17) is 15.1 Å². The summed E-state index contributed by atoms with van der Waals surface area (Å²) in [5.74, 6) is 0.887. The Kier molecular flexibility index (Phi) is 10.8. The van der Waals surface area contributed by atoms with Gasteiger partial charge in [-0.3, -0.25) is 9.48 Å². The highest BCUT2D eigenvalue weighted by atomic mass is 19.1. The standard InChI is InChI=1S/C36H46FN3O2.C5H6N2O2/c1-25(2)40-23-28(22-38-40)31-21-30(11-12-32(31)37)39(34(41)27-8-6-5-7-9-27)24-35-14-17-36(18-15-35,19-16-35)29-10-13-33(42-4)26(3)20-29;6-1-4-2-7(3-4)5(8)9/h10-13,20-23,25,27H,5-9,14-19,24H2,1-4H3;4H,2-3H2,(H,8,9). The molecule has 8 rings (SSSR count). The molecule has 4 aliphatic carbocycles. The van der Waals surface area contributed by atoms with Crippen LogP contribution in [0.1, 0.15) is 102 Å². The summed E-state index contributed by atoms with van der Waals surface area (Å²) >= 11 is 0. The van der Waals surface area contributed by atoms with Crippen LogP contribution in [0.5, 0.6) is 5.75 Å². The number of nitriles is 1. The summed E-state index contributed by atoms with van der Waals surface area (Å²) in [6.45, 7) is 7.74. The number of hydrogen-bond donors (Lipinski definition) is 1. The normalized spacial score (nSPS) is 23.2. The van der Waals surface area contributed by atoms with Crippen molar-refractivity contribution >= 4 is 17.7 Å². The van der Waals surface area contributed by atoms with Crippen molar-refractivity contribution in [1.29, 1.82) is 5.26 Å². The monoisotopic (exact) mass is 697 g/mol. The molecule has 0 atom stereocenters. The average molecular weight is 698 g/mol. The van der Waals surface area contributed by atoms with Gasteiger partial charge in [0.05, 0.1) is 25.3 Å². The average Bonchev–Trinajstić information content (AvgIpc) is 3.62. The Morgan fingerprint density at radius 1 is 1.06 bits per heavy atom. The molecule has 272 valence electrons. The number of aryl methyl sites for hydroxylation is 1. The molecule has 0 unspecified atom stereocenters. The van der Waals surface area contributed by atoms with Gasteiger partial charge in [0.1, 0.15) is 11.6 Å². The van der Waals surface area contributed by atoms with Crippen molar-refractivity contribution in [3.05, 3.63) is 65.7 Å². The van der Waals surface area contributed by atoms with Gasteiger partial charge in [0.25, 0.3) is 0 Å². The number of likely N-dealkylation sites (tertiary alicyclic amines) is 1. The summed E-state index contributed by atoms with van der Waals surface area (Å²) in [4.78, 5) is 27.6. The largest absolute Gasteiger partial charge is 0.496 e. The predicted octanol–water partition coefficient (Wildman–Crippen LogP) is 8.91. The first kappa shape index (κ1) is 36.4. The number of benzene rings is 2. The van der Waals surface area contributed by atoms with E-state index in [1.54, 1.807) is 13.3 Å². The van der Waals surface area contributed by atoms with Gasteiger partial charge in [0.2, 0.25) is 5.91 Å². The molecule has 10 heteroatoms. The van der Waals surface area contributed by atoms with Gasteiger partial charge in [-0.2, -0.15) is 10.4 Å². The van der Waals surface area contributed by atoms with Crippen molar-refractivity contribution in [2.24, 2.45) is 17.3 Å². The molecule has 5 aliphatic rings.